The minimum Gasteiger partial charge on any atom is -0.368 e. The van der Waals surface area contributed by atoms with Gasteiger partial charge in [0.2, 0.25) is 17.7 Å². The molecule has 0 aliphatic heterocycles. The first kappa shape index (κ1) is 13.0. The normalized spacial score (nSPS) is 11.4. The molecule has 3 N–H and O–H groups in total. The number of nitrogen functional groups attached to an aromatic ring is 1. The first-order valence-corrected chi connectivity index (χ1v) is 4.96. The number of alkyl halides is 3. The summed E-state index contributed by atoms with van der Waals surface area (Å²) in [5, 5.41) is 2.48. The number of benzene rings is 1. The SMILES string of the molecule is Nc1nc(Nc2ccc(F)cc2)nc(C(F)(F)F)n1. The van der Waals surface area contributed by atoms with Crippen molar-refractivity contribution in [1.82, 2.24) is 15.0 Å². The Kier molecular flexibility index (Phi) is 3.19. The van der Waals surface area contributed by atoms with Gasteiger partial charge >= 0.3 is 6.18 Å². The Morgan fingerprint density at radius 2 is 1.63 bits per heavy atom. The lowest BCUT2D eigenvalue weighted by molar-refractivity contribution is -0.144. The van der Waals surface area contributed by atoms with Gasteiger partial charge in [0.25, 0.3) is 0 Å². The molecule has 19 heavy (non-hydrogen) atoms. The van der Waals surface area contributed by atoms with Crippen LogP contribution >= 0.6 is 0 Å². The van der Waals surface area contributed by atoms with Gasteiger partial charge < -0.3 is 11.1 Å². The highest BCUT2D eigenvalue weighted by Crippen LogP contribution is 2.27. The summed E-state index contributed by atoms with van der Waals surface area (Å²) in [4.78, 5) is 9.70. The average Bonchev–Trinajstić information content (AvgIpc) is 2.30. The van der Waals surface area contributed by atoms with E-state index >= 15 is 0 Å². The molecule has 0 amide bonds. The minimum atomic E-state index is -4.73. The van der Waals surface area contributed by atoms with Crippen LogP contribution in [-0.4, -0.2) is 15.0 Å². The number of hydrogen-bond acceptors (Lipinski definition) is 5. The second kappa shape index (κ2) is 4.67. The van der Waals surface area contributed by atoms with Crippen LogP contribution in [0, 0.1) is 5.82 Å². The topological polar surface area (TPSA) is 76.7 Å². The fourth-order valence-corrected chi connectivity index (χ4v) is 1.24. The van der Waals surface area contributed by atoms with Crippen molar-refractivity contribution in [2.24, 2.45) is 0 Å². The van der Waals surface area contributed by atoms with Gasteiger partial charge in [0.15, 0.2) is 0 Å². The predicted molar refractivity (Wildman–Crippen MR) is 58.9 cm³/mol. The van der Waals surface area contributed by atoms with Crippen molar-refractivity contribution in [2.45, 2.75) is 6.18 Å². The molecule has 0 radical (unpaired) electrons. The second-order valence-electron chi connectivity index (χ2n) is 3.47. The fourth-order valence-electron chi connectivity index (χ4n) is 1.24. The lowest BCUT2D eigenvalue weighted by atomic mass is 10.3. The predicted octanol–water partition coefficient (Wildman–Crippen LogP) is 2.36. The Morgan fingerprint density at radius 1 is 1.00 bits per heavy atom. The third-order valence-electron chi connectivity index (χ3n) is 2.01. The molecule has 5 nitrogen and oxygen atoms in total. The Bertz CT molecular complexity index is 581. The van der Waals surface area contributed by atoms with Crippen molar-refractivity contribution < 1.29 is 17.6 Å². The molecule has 0 saturated carbocycles. The van der Waals surface area contributed by atoms with E-state index < -0.39 is 23.8 Å². The van der Waals surface area contributed by atoms with Crippen molar-refractivity contribution in [3.63, 3.8) is 0 Å². The largest absolute Gasteiger partial charge is 0.451 e. The maximum atomic E-state index is 12.7. The van der Waals surface area contributed by atoms with E-state index in [4.69, 9.17) is 5.73 Å². The summed E-state index contributed by atoms with van der Waals surface area (Å²) in [5.41, 5.74) is 5.49. The molecule has 1 aromatic heterocycles. The molecule has 1 heterocycles. The van der Waals surface area contributed by atoms with Crippen molar-refractivity contribution in [3.8, 4) is 0 Å². The van der Waals surface area contributed by atoms with Crippen molar-refractivity contribution in [2.75, 3.05) is 11.1 Å². The summed E-state index contributed by atoms with van der Waals surface area (Å²) in [6.45, 7) is 0. The zero-order valence-electron chi connectivity index (χ0n) is 9.24. The number of halogens is 4. The van der Waals surface area contributed by atoms with Crippen molar-refractivity contribution >= 4 is 17.6 Å². The van der Waals surface area contributed by atoms with Gasteiger partial charge in [0.1, 0.15) is 5.82 Å². The molecule has 100 valence electrons. The van der Waals surface area contributed by atoms with E-state index in [1.807, 2.05) is 0 Å². The summed E-state index contributed by atoms with van der Waals surface area (Å²) >= 11 is 0. The highest BCUT2D eigenvalue weighted by molar-refractivity contribution is 5.53. The van der Waals surface area contributed by atoms with Crippen molar-refractivity contribution in [1.29, 1.82) is 0 Å². The quantitative estimate of drug-likeness (QED) is 0.821. The molecule has 2 rings (SSSR count). The summed E-state index contributed by atoms with van der Waals surface area (Å²) in [6.07, 6.45) is -4.73. The molecule has 0 fully saturated rings. The molecule has 0 spiro atoms. The van der Waals surface area contributed by atoms with E-state index in [0.29, 0.717) is 5.69 Å². The smallest absolute Gasteiger partial charge is 0.368 e. The van der Waals surface area contributed by atoms with Gasteiger partial charge in [0, 0.05) is 5.69 Å². The Balaban J connectivity index is 2.30. The number of nitrogens with one attached hydrogen (secondary N) is 1. The van der Waals surface area contributed by atoms with Crippen LogP contribution in [0.25, 0.3) is 0 Å². The van der Waals surface area contributed by atoms with E-state index in [2.05, 4.69) is 20.3 Å². The maximum absolute atomic E-state index is 12.7. The van der Waals surface area contributed by atoms with Gasteiger partial charge in [-0.2, -0.15) is 28.1 Å². The van der Waals surface area contributed by atoms with Crippen LogP contribution in [0.5, 0.6) is 0 Å². The molecule has 0 aliphatic carbocycles. The summed E-state index contributed by atoms with van der Waals surface area (Å²) in [7, 11) is 0. The van der Waals surface area contributed by atoms with E-state index in [9.17, 15) is 17.6 Å². The fraction of sp³-hybridized carbons (Fsp3) is 0.100. The minimum absolute atomic E-state index is 0.320. The Morgan fingerprint density at radius 3 is 2.21 bits per heavy atom. The zero-order valence-corrected chi connectivity index (χ0v) is 9.24. The molecule has 0 aliphatic rings. The lowest BCUT2D eigenvalue weighted by Gasteiger charge is -2.08. The van der Waals surface area contributed by atoms with Gasteiger partial charge in [-0.25, -0.2) is 4.39 Å². The van der Waals surface area contributed by atoms with Gasteiger partial charge in [-0.1, -0.05) is 0 Å². The molecular weight excluding hydrogens is 266 g/mol. The van der Waals surface area contributed by atoms with Crippen molar-refractivity contribution in [3.05, 3.63) is 35.9 Å². The molecule has 2 aromatic rings. The number of aromatic nitrogens is 3. The van der Waals surface area contributed by atoms with Gasteiger partial charge in [-0.05, 0) is 24.3 Å². The summed E-state index contributed by atoms with van der Waals surface area (Å²) in [5.74, 6) is -2.81. The van der Waals surface area contributed by atoms with Crippen LogP contribution in [0.4, 0.5) is 35.1 Å². The highest BCUT2D eigenvalue weighted by atomic mass is 19.4. The van der Waals surface area contributed by atoms with Gasteiger partial charge in [-0.15, -0.1) is 0 Å². The number of anilines is 3. The molecule has 0 atom stereocenters. The third-order valence-corrected chi connectivity index (χ3v) is 2.01. The van der Waals surface area contributed by atoms with Crippen LogP contribution in [-0.2, 0) is 6.18 Å². The second-order valence-corrected chi connectivity index (χ2v) is 3.47. The lowest BCUT2D eigenvalue weighted by Crippen LogP contribution is -2.15. The highest BCUT2D eigenvalue weighted by Gasteiger charge is 2.35. The van der Waals surface area contributed by atoms with Gasteiger partial charge in [0.05, 0.1) is 0 Å². The van der Waals surface area contributed by atoms with Gasteiger partial charge in [-0.3, -0.25) is 0 Å². The number of nitrogens with two attached hydrogens (primary N) is 1. The molecular formula is C10H7F4N5. The van der Waals surface area contributed by atoms with Crippen LogP contribution < -0.4 is 11.1 Å². The Hall–Kier alpha value is -2.45. The molecule has 1 aromatic carbocycles. The van der Waals surface area contributed by atoms with Crippen LogP contribution in [0.1, 0.15) is 5.82 Å². The third kappa shape index (κ3) is 3.27. The average molecular weight is 273 g/mol. The number of nitrogens with zero attached hydrogens (tertiary/aromatic N) is 3. The van der Waals surface area contributed by atoms with Crippen LogP contribution in [0.3, 0.4) is 0 Å². The molecule has 0 bridgehead atoms. The summed E-state index contributed by atoms with van der Waals surface area (Å²) in [6, 6.07) is 4.92. The number of rotatable bonds is 2. The first-order chi connectivity index (χ1) is 8.84. The van der Waals surface area contributed by atoms with E-state index in [0.717, 1.165) is 12.1 Å². The summed E-state index contributed by atoms with van der Waals surface area (Å²) < 4.78 is 50.0. The van der Waals surface area contributed by atoms with Crippen LogP contribution in [0.2, 0.25) is 0 Å². The Labute approximate surface area is 104 Å². The monoisotopic (exact) mass is 273 g/mol. The maximum Gasteiger partial charge on any atom is 0.451 e. The molecule has 9 heteroatoms. The molecule has 0 saturated heterocycles. The van der Waals surface area contributed by atoms with E-state index in [1.165, 1.54) is 12.1 Å². The number of hydrogen-bond donors (Lipinski definition) is 2. The van der Waals surface area contributed by atoms with E-state index in [1.54, 1.807) is 0 Å². The van der Waals surface area contributed by atoms with E-state index in [-0.39, 0.29) is 5.95 Å². The molecule has 0 unspecified atom stereocenters. The zero-order chi connectivity index (χ0) is 14.0. The standard InChI is InChI=1S/C10H7F4N5/c11-5-1-3-6(4-2-5)16-9-18-7(10(12,13)14)17-8(15)19-9/h1-4H,(H3,15,16,17,18,19). The first-order valence-electron chi connectivity index (χ1n) is 4.96. The van der Waals surface area contributed by atoms with Crippen LogP contribution in [0.15, 0.2) is 24.3 Å².